The number of benzene rings is 1. The molecule has 0 spiro atoms. The Morgan fingerprint density at radius 2 is 1.82 bits per heavy atom. The van der Waals surface area contributed by atoms with Crippen LogP contribution >= 0.6 is 0 Å². The highest BCUT2D eigenvalue weighted by Gasteiger charge is 2.38. The Morgan fingerprint density at radius 3 is 2.35 bits per heavy atom. The van der Waals surface area contributed by atoms with E-state index in [1.807, 2.05) is 30.3 Å². The second kappa shape index (κ2) is 6.61. The quantitative estimate of drug-likeness (QED) is 0.784. The van der Waals surface area contributed by atoms with Crippen molar-refractivity contribution in [3.05, 3.63) is 35.9 Å². The van der Waals surface area contributed by atoms with Gasteiger partial charge in [-0.1, -0.05) is 30.3 Å². The summed E-state index contributed by atoms with van der Waals surface area (Å²) >= 11 is 0. The highest BCUT2D eigenvalue weighted by Crippen LogP contribution is 2.28. The second-order valence-electron chi connectivity index (χ2n) is 3.75. The van der Waals surface area contributed by atoms with Gasteiger partial charge in [-0.3, -0.25) is 0 Å². The molecule has 0 heterocycles. The van der Waals surface area contributed by atoms with Crippen molar-refractivity contribution in [2.24, 2.45) is 5.92 Å². The molecule has 1 rings (SSSR count). The molecule has 0 fully saturated rings. The third-order valence-electron chi connectivity index (χ3n) is 2.41. The molecule has 1 aromatic carbocycles. The van der Waals surface area contributed by atoms with Crippen LogP contribution in [0.25, 0.3) is 0 Å². The topological polar surface area (TPSA) is 29.5 Å². The smallest absolute Gasteiger partial charge is 0.394 e. The van der Waals surface area contributed by atoms with E-state index in [0.29, 0.717) is 0 Å². The van der Waals surface area contributed by atoms with E-state index in [2.05, 4.69) is 0 Å². The summed E-state index contributed by atoms with van der Waals surface area (Å²) in [5, 5.41) is 8.60. The van der Waals surface area contributed by atoms with Crippen molar-refractivity contribution in [2.75, 3.05) is 13.2 Å². The summed E-state index contributed by atoms with van der Waals surface area (Å²) in [7, 11) is 0. The van der Waals surface area contributed by atoms with Gasteiger partial charge in [0.1, 0.15) is 0 Å². The Hall–Kier alpha value is -1.07. The minimum absolute atomic E-state index is 0.0143. The minimum Gasteiger partial charge on any atom is -0.396 e. The van der Waals surface area contributed by atoms with Crippen LogP contribution in [0.15, 0.2) is 30.3 Å². The van der Waals surface area contributed by atoms with Gasteiger partial charge in [0.15, 0.2) is 0 Å². The summed E-state index contributed by atoms with van der Waals surface area (Å²) in [4.78, 5) is 0. The molecular weight excluding hydrogens is 233 g/mol. The standard InChI is InChI=1S/C12H15F3O2/c13-12(14,15)11(8-16)6-7-17-9-10-4-2-1-3-5-10/h1-5,11,16H,6-9H2/t11-/m0/s1. The molecule has 0 unspecified atom stereocenters. The first-order valence-corrected chi connectivity index (χ1v) is 5.33. The largest absolute Gasteiger partial charge is 0.396 e. The lowest BCUT2D eigenvalue weighted by Gasteiger charge is -2.17. The van der Waals surface area contributed by atoms with Gasteiger partial charge in [0, 0.05) is 6.61 Å². The summed E-state index contributed by atoms with van der Waals surface area (Å²) in [5.74, 6) is -1.70. The van der Waals surface area contributed by atoms with Gasteiger partial charge >= 0.3 is 6.18 Å². The van der Waals surface area contributed by atoms with Crippen LogP contribution in [-0.2, 0) is 11.3 Å². The maximum absolute atomic E-state index is 12.3. The molecule has 0 aliphatic carbocycles. The number of ether oxygens (including phenoxy) is 1. The molecule has 0 saturated heterocycles. The van der Waals surface area contributed by atoms with Gasteiger partial charge in [-0.2, -0.15) is 13.2 Å². The van der Waals surface area contributed by atoms with E-state index in [0.717, 1.165) is 5.56 Å². The summed E-state index contributed by atoms with van der Waals surface area (Å²) in [6.45, 7) is -0.616. The zero-order valence-corrected chi connectivity index (χ0v) is 9.28. The number of alkyl halides is 3. The average molecular weight is 248 g/mol. The third kappa shape index (κ3) is 5.19. The van der Waals surface area contributed by atoms with E-state index >= 15 is 0 Å². The lowest BCUT2D eigenvalue weighted by molar-refractivity contribution is -0.188. The van der Waals surface area contributed by atoms with Crippen LogP contribution in [0, 0.1) is 5.92 Å². The highest BCUT2D eigenvalue weighted by molar-refractivity contribution is 5.13. The maximum atomic E-state index is 12.3. The molecule has 0 amide bonds. The van der Waals surface area contributed by atoms with Gasteiger partial charge in [0.2, 0.25) is 0 Å². The fraction of sp³-hybridized carbons (Fsp3) is 0.500. The van der Waals surface area contributed by atoms with Gasteiger partial charge in [-0.25, -0.2) is 0 Å². The Labute approximate surface area is 98.0 Å². The third-order valence-corrected chi connectivity index (χ3v) is 2.41. The van der Waals surface area contributed by atoms with E-state index < -0.39 is 18.7 Å². The molecule has 1 atom stereocenters. The van der Waals surface area contributed by atoms with E-state index in [4.69, 9.17) is 9.84 Å². The molecular formula is C12H15F3O2. The molecule has 5 heteroatoms. The van der Waals surface area contributed by atoms with Crippen LogP contribution in [0.1, 0.15) is 12.0 Å². The van der Waals surface area contributed by atoms with Crippen molar-refractivity contribution in [3.63, 3.8) is 0 Å². The molecule has 0 aliphatic rings. The lowest BCUT2D eigenvalue weighted by atomic mass is 10.1. The summed E-state index contributed by atoms with van der Waals surface area (Å²) in [6, 6.07) is 9.21. The summed E-state index contributed by atoms with van der Waals surface area (Å²) in [6.07, 6.45) is -4.57. The summed E-state index contributed by atoms with van der Waals surface area (Å²) in [5.41, 5.74) is 0.917. The Bertz CT molecular complexity index is 311. The summed E-state index contributed by atoms with van der Waals surface area (Å²) < 4.78 is 41.9. The molecule has 0 bridgehead atoms. The van der Waals surface area contributed by atoms with E-state index in [1.165, 1.54) is 0 Å². The molecule has 1 N–H and O–H groups in total. The molecule has 96 valence electrons. The molecule has 0 aliphatic heterocycles. The van der Waals surface area contributed by atoms with Crippen molar-refractivity contribution in [1.29, 1.82) is 0 Å². The predicted octanol–water partition coefficient (Wildman–Crippen LogP) is 2.76. The number of hydrogen-bond acceptors (Lipinski definition) is 2. The molecule has 2 nitrogen and oxygen atoms in total. The van der Waals surface area contributed by atoms with Gasteiger partial charge in [-0.15, -0.1) is 0 Å². The number of rotatable bonds is 6. The van der Waals surface area contributed by atoms with Crippen LogP contribution in [-0.4, -0.2) is 24.5 Å². The van der Waals surface area contributed by atoms with E-state index in [-0.39, 0.29) is 19.6 Å². The molecule has 1 aromatic rings. The maximum Gasteiger partial charge on any atom is 0.394 e. The minimum atomic E-state index is -4.36. The zero-order chi connectivity index (χ0) is 12.7. The van der Waals surface area contributed by atoms with Crippen molar-refractivity contribution in [1.82, 2.24) is 0 Å². The first kappa shape index (κ1) is 14.0. The zero-order valence-electron chi connectivity index (χ0n) is 9.28. The number of halogens is 3. The number of aliphatic hydroxyl groups excluding tert-OH is 1. The van der Waals surface area contributed by atoms with Gasteiger partial charge < -0.3 is 9.84 Å². The fourth-order valence-electron chi connectivity index (χ4n) is 1.35. The van der Waals surface area contributed by atoms with Crippen molar-refractivity contribution < 1.29 is 23.0 Å². The highest BCUT2D eigenvalue weighted by atomic mass is 19.4. The van der Waals surface area contributed by atoms with Crippen LogP contribution in [0.5, 0.6) is 0 Å². The number of aliphatic hydroxyl groups is 1. The van der Waals surface area contributed by atoms with Crippen LogP contribution in [0.2, 0.25) is 0 Å². The fourth-order valence-corrected chi connectivity index (χ4v) is 1.35. The van der Waals surface area contributed by atoms with Crippen molar-refractivity contribution in [2.45, 2.75) is 19.2 Å². The average Bonchev–Trinajstić information content (AvgIpc) is 2.28. The SMILES string of the molecule is OC[C@H](CCOCc1ccccc1)C(F)(F)F. The van der Waals surface area contributed by atoms with E-state index in [9.17, 15) is 13.2 Å². The lowest BCUT2D eigenvalue weighted by Crippen LogP contribution is -2.27. The van der Waals surface area contributed by atoms with Crippen LogP contribution < -0.4 is 0 Å². The first-order chi connectivity index (χ1) is 8.04. The van der Waals surface area contributed by atoms with Crippen molar-refractivity contribution >= 4 is 0 Å². The Morgan fingerprint density at radius 1 is 1.18 bits per heavy atom. The number of hydrogen-bond donors (Lipinski definition) is 1. The normalized spacial score (nSPS) is 13.6. The monoisotopic (exact) mass is 248 g/mol. The van der Waals surface area contributed by atoms with Gasteiger partial charge in [-0.05, 0) is 12.0 Å². The van der Waals surface area contributed by atoms with E-state index in [1.54, 1.807) is 0 Å². The van der Waals surface area contributed by atoms with Gasteiger partial charge in [0.25, 0.3) is 0 Å². The Balaban J connectivity index is 2.24. The Kier molecular flexibility index (Phi) is 5.44. The first-order valence-electron chi connectivity index (χ1n) is 5.33. The molecule has 0 radical (unpaired) electrons. The predicted molar refractivity (Wildman–Crippen MR) is 57.3 cm³/mol. The van der Waals surface area contributed by atoms with Crippen LogP contribution in [0.4, 0.5) is 13.2 Å². The van der Waals surface area contributed by atoms with Crippen molar-refractivity contribution in [3.8, 4) is 0 Å². The molecule has 0 aromatic heterocycles. The molecule has 17 heavy (non-hydrogen) atoms. The second-order valence-corrected chi connectivity index (χ2v) is 3.75. The van der Waals surface area contributed by atoms with Crippen LogP contribution in [0.3, 0.4) is 0 Å². The molecule has 0 saturated carbocycles. The van der Waals surface area contributed by atoms with Gasteiger partial charge in [0.05, 0.1) is 19.1 Å².